The van der Waals surface area contributed by atoms with Gasteiger partial charge in [-0.25, -0.2) is 0 Å². The topological polar surface area (TPSA) is 26.3 Å². The summed E-state index contributed by atoms with van der Waals surface area (Å²) in [6.45, 7) is 7.61. The Balaban J connectivity index is -0.000000107. The predicted octanol–water partition coefficient (Wildman–Crippen LogP) is 2.70. The van der Waals surface area contributed by atoms with Crippen molar-refractivity contribution in [2.75, 3.05) is 0 Å². The minimum absolute atomic E-state index is 0. The summed E-state index contributed by atoms with van der Waals surface area (Å²) in [5.41, 5.74) is 1.22. The van der Waals surface area contributed by atoms with Crippen LogP contribution in [0, 0.1) is 0 Å². The summed E-state index contributed by atoms with van der Waals surface area (Å²) in [4.78, 5) is 9.75. The Hall–Kier alpha value is -0.760. The lowest BCUT2D eigenvalue weighted by Crippen LogP contribution is -1.87. The highest BCUT2D eigenvalue weighted by atomic mass is 35.5. The highest BCUT2D eigenvalue weighted by molar-refractivity contribution is 6.25. The fourth-order valence-electron chi connectivity index (χ4n) is 0.117. The highest BCUT2D eigenvalue weighted by Gasteiger charge is 1.79. The Labute approximate surface area is 67.1 Å². The third kappa shape index (κ3) is 56.2. The second kappa shape index (κ2) is 15.7. The predicted molar refractivity (Wildman–Crippen MR) is 44.7 cm³/mol. The number of ether oxygens (including phenoxy) is 1. The van der Waals surface area contributed by atoms with E-state index in [2.05, 4.69) is 17.9 Å². The summed E-state index contributed by atoms with van der Waals surface area (Å²) in [7, 11) is 0. The van der Waals surface area contributed by atoms with E-state index in [9.17, 15) is 4.79 Å². The van der Waals surface area contributed by atoms with E-state index >= 15 is 0 Å². The lowest BCUT2D eigenvalue weighted by Gasteiger charge is -1.83. The van der Waals surface area contributed by atoms with Crippen LogP contribution in [0.5, 0.6) is 0 Å². The van der Waals surface area contributed by atoms with Crippen molar-refractivity contribution in [3.05, 3.63) is 25.0 Å². The maximum atomic E-state index is 9.75. The number of hydrogen-bond acceptors (Lipinski definition) is 2. The smallest absolute Gasteiger partial charge is 0.307 e. The SMILES string of the molecule is C.C=CCl.C=COC(C)=O. The van der Waals surface area contributed by atoms with Gasteiger partial charge >= 0.3 is 5.97 Å². The van der Waals surface area contributed by atoms with E-state index in [1.165, 1.54) is 12.5 Å². The van der Waals surface area contributed by atoms with Crippen molar-refractivity contribution in [3.63, 3.8) is 0 Å². The van der Waals surface area contributed by atoms with Gasteiger partial charge in [0.05, 0.1) is 6.26 Å². The molecule has 0 unspecified atom stereocenters. The Morgan fingerprint density at radius 2 is 1.90 bits per heavy atom. The van der Waals surface area contributed by atoms with E-state index in [0.29, 0.717) is 0 Å². The molecule has 0 fully saturated rings. The highest BCUT2D eigenvalue weighted by Crippen LogP contribution is 1.70. The van der Waals surface area contributed by atoms with E-state index in [1.54, 1.807) is 0 Å². The van der Waals surface area contributed by atoms with Gasteiger partial charge in [0.25, 0.3) is 0 Å². The molecule has 0 bridgehead atoms. The zero-order valence-corrected chi connectivity index (χ0v) is 6.02. The molecule has 0 saturated carbocycles. The number of hydrogen-bond donors (Lipinski definition) is 0. The maximum absolute atomic E-state index is 9.75. The number of esters is 1. The van der Waals surface area contributed by atoms with Gasteiger partial charge in [-0.2, -0.15) is 0 Å². The first-order valence-electron chi connectivity index (χ1n) is 2.18. The van der Waals surface area contributed by atoms with Gasteiger partial charge in [0, 0.05) is 6.92 Å². The Morgan fingerprint density at radius 3 is 1.90 bits per heavy atom. The second-order valence-electron chi connectivity index (χ2n) is 0.930. The fourth-order valence-corrected chi connectivity index (χ4v) is 0.117. The van der Waals surface area contributed by atoms with Crippen LogP contribution in [0.3, 0.4) is 0 Å². The van der Waals surface area contributed by atoms with Gasteiger partial charge in [0.1, 0.15) is 0 Å². The lowest BCUT2D eigenvalue weighted by molar-refractivity contribution is -0.135. The van der Waals surface area contributed by atoms with Crippen molar-refractivity contribution in [2.45, 2.75) is 14.4 Å². The average molecular weight is 165 g/mol. The summed E-state index contributed by atoms with van der Waals surface area (Å²) in [6, 6.07) is 0. The van der Waals surface area contributed by atoms with Crippen LogP contribution in [0.25, 0.3) is 0 Å². The summed E-state index contributed by atoms with van der Waals surface area (Å²) in [6.07, 6.45) is 1.10. The Morgan fingerprint density at radius 1 is 1.60 bits per heavy atom. The van der Waals surface area contributed by atoms with Gasteiger partial charge in [-0.15, -0.1) is 0 Å². The van der Waals surface area contributed by atoms with Crippen molar-refractivity contribution in [1.29, 1.82) is 0 Å². The Kier molecular flexibility index (Phi) is 25.3. The number of carbonyl (C=O) groups is 1. The zero-order valence-electron chi connectivity index (χ0n) is 5.26. The van der Waals surface area contributed by atoms with E-state index < -0.39 is 0 Å². The van der Waals surface area contributed by atoms with Crippen molar-refractivity contribution < 1.29 is 9.53 Å². The molecule has 0 N–H and O–H groups in total. The summed E-state index contributed by atoms with van der Waals surface area (Å²) < 4.78 is 4.17. The van der Waals surface area contributed by atoms with Crippen molar-refractivity contribution in [1.82, 2.24) is 0 Å². The van der Waals surface area contributed by atoms with Crippen LogP contribution >= 0.6 is 11.6 Å². The molecular weight excluding hydrogens is 152 g/mol. The van der Waals surface area contributed by atoms with Gasteiger partial charge in [-0.1, -0.05) is 32.2 Å². The molecule has 3 heteroatoms. The minimum atomic E-state index is -0.329. The first kappa shape index (κ1) is 16.1. The molecule has 0 aromatic carbocycles. The van der Waals surface area contributed by atoms with Gasteiger partial charge in [-0.3, -0.25) is 4.79 Å². The van der Waals surface area contributed by atoms with Gasteiger partial charge < -0.3 is 4.74 Å². The van der Waals surface area contributed by atoms with E-state index in [1.807, 2.05) is 0 Å². The zero-order chi connectivity index (χ0) is 7.70. The molecule has 2 nitrogen and oxygen atoms in total. The maximum Gasteiger partial charge on any atom is 0.307 e. The molecule has 0 radical (unpaired) electrons. The summed E-state index contributed by atoms with van der Waals surface area (Å²) in [5.74, 6) is -0.329. The molecule has 0 aliphatic rings. The number of rotatable bonds is 1. The molecule has 0 saturated heterocycles. The molecule has 0 rings (SSSR count). The molecule has 0 atom stereocenters. The van der Waals surface area contributed by atoms with Crippen LogP contribution in [0.15, 0.2) is 25.0 Å². The minimum Gasteiger partial charge on any atom is -0.435 e. The number of carbonyl (C=O) groups excluding carboxylic acids is 1. The molecule has 0 aromatic heterocycles. The standard InChI is InChI=1S/C4H6O2.C2H3Cl.CH4/c1-3-6-4(2)5;1-2-3;/h3H,1H2,2H3;2H,1H2;1H4. The molecular formula is C7H13ClO2. The van der Waals surface area contributed by atoms with Crippen LogP contribution < -0.4 is 0 Å². The van der Waals surface area contributed by atoms with Crippen LogP contribution in [0.2, 0.25) is 0 Å². The number of halogens is 1. The summed E-state index contributed by atoms with van der Waals surface area (Å²) in [5, 5.41) is 0. The third-order valence-corrected chi connectivity index (χ3v) is 0.249. The molecule has 60 valence electrons. The largest absolute Gasteiger partial charge is 0.435 e. The van der Waals surface area contributed by atoms with Crippen molar-refractivity contribution >= 4 is 17.6 Å². The summed E-state index contributed by atoms with van der Waals surface area (Å²) >= 11 is 4.76. The quantitative estimate of drug-likeness (QED) is 0.440. The van der Waals surface area contributed by atoms with Crippen LogP contribution in [0.4, 0.5) is 0 Å². The molecule has 0 heterocycles. The Bertz CT molecular complexity index is 99.8. The van der Waals surface area contributed by atoms with E-state index in [4.69, 9.17) is 11.6 Å². The molecule has 0 aliphatic heterocycles. The van der Waals surface area contributed by atoms with E-state index in [0.717, 1.165) is 6.26 Å². The fraction of sp³-hybridized carbons (Fsp3) is 0.286. The first-order valence-corrected chi connectivity index (χ1v) is 2.62. The van der Waals surface area contributed by atoms with Crippen LogP contribution in [-0.4, -0.2) is 5.97 Å². The molecule has 0 spiro atoms. The second-order valence-corrected chi connectivity index (χ2v) is 1.24. The molecule has 0 aromatic rings. The van der Waals surface area contributed by atoms with Gasteiger partial charge in [0.15, 0.2) is 0 Å². The normalized spacial score (nSPS) is 5.40. The third-order valence-electron chi connectivity index (χ3n) is 0.249. The lowest BCUT2D eigenvalue weighted by atomic mass is 10.8. The molecule has 0 amide bonds. The van der Waals surface area contributed by atoms with Crippen LogP contribution in [0.1, 0.15) is 14.4 Å². The molecule has 0 aliphatic carbocycles. The van der Waals surface area contributed by atoms with Crippen molar-refractivity contribution in [3.8, 4) is 0 Å². The van der Waals surface area contributed by atoms with E-state index in [-0.39, 0.29) is 13.4 Å². The first-order chi connectivity index (χ1) is 4.18. The van der Waals surface area contributed by atoms with Gasteiger partial charge in [0.2, 0.25) is 0 Å². The van der Waals surface area contributed by atoms with Crippen molar-refractivity contribution in [2.24, 2.45) is 0 Å². The van der Waals surface area contributed by atoms with Crippen LogP contribution in [-0.2, 0) is 9.53 Å². The molecule has 10 heavy (non-hydrogen) atoms. The van der Waals surface area contributed by atoms with Gasteiger partial charge in [-0.05, 0) is 5.54 Å². The monoisotopic (exact) mass is 164 g/mol. The average Bonchev–Trinajstić information content (AvgIpc) is 1.67.